The maximum absolute atomic E-state index is 10.5. The largest absolute Gasteiger partial charge is 0.433 e. The molecule has 0 saturated carbocycles. The molecule has 2 rings (SSSR count). The maximum Gasteiger partial charge on any atom is 0.433 e. The van der Waals surface area contributed by atoms with Crippen molar-refractivity contribution >= 4 is 44.8 Å². The van der Waals surface area contributed by atoms with Crippen molar-refractivity contribution in [3.63, 3.8) is 0 Å². The van der Waals surface area contributed by atoms with Gasteiger partial charge in [0.1, 0.15) is 15.5 Å². The average molecular weight is 323 g/mol. The van der Waals surface area contributed by atoms with Crippen LogP contribution >= 0.6 is 38.9 Å². The first-order valence-corrected chi connectivity index (χ1v) is 6.32. The molecule has 2 heterocycles. The number of hydrogen-bond acceptors (Lipinski definition) is 4. The first-order chi connectivity index (χ1) is 7.58. The Morgan fingerprint density at radius 2 is 2.19 bits per heavy atom. The third kappa shape index (κ3) is 2.28. The van der Waals surface area contributed by atoms with Crippen LogP contribution in [0.15, 0.2) is 28.7 Å². The molecule has 0 aliphatic heterocycles. The van der Waals surface area contributed by atoms with Crippen molar-refractivity contribution in [1.82, 2.24) is 0 Å². The number of furan rings is 1. The Labute approximate surface area is 108 Å². The van der Waals surface area contributed by atoms with E-state index in [1.807, 2.05) is 6.07 Å². The molecule has 0 aliphatic rings. The summed E-state index contributed by atoms with van der Waals surface area (Å²) < 4.78 is 5.76. The fourth-order valence-corrected chi connectivity index (χ4v) is 2.91. The second kappa shape index (κ2) is 4.57. The van der Waals surface area contributed by atoms with Gasteiger partial charge in [-0.3, -0.25) is 10.1 Å². The molecule has 0 N–H and O–H groups in total. The Hall–Kier alpha value is -0.850. The minimum Gasteiger partial charge on any atom is -0.404 e. The number of rotatable bonds is 3. The smallest absolute Gasteiger partial charge is 0.404 e. The van der Waals surface area contributed by atoms with Crippen LogP contribution in [0.1, 0.15) is 15.5 Å². The summed E-state index contributed by atoms with van der Waals surface area (Å²) in [5.74, 6) is 0.229. The highest BCUT2D eigenvalue weighted by Crippen LogP contribution is 2.38. The van der Waals surface area contributed by atoms with Gasteiger partial charge in [-0.25, -0.2) is 0 Å². The van der Waals surface area contributed by atoms with Crippen molar-refractivity contribution in [2.24, 2.45) is 0 Å². The molecule has 0 spiro atoms. The molecule has 2 aromatic rings. The molecule has 0 saturated heterocycles. The van der Waals surface area contributed by atoms with E-state index in [0.717, 1.165) is 4.88 Å². The molecule has 0 bridgehead atoms. The van der Waals surface area contributed by atoms with E-state index in [-0.39, 0.29) is 10.7 Å². The van der Waals surface area contributed by atoms with E-state index in [1.54, 1.807) is 12.1 Å². The highest BCUT2D eigenvalue weighted by atomic mass is 79.9. The van der Waals surface area contributed by atoms with E-state index in [0.29, 0.717) is 10.1 Å². The lowest BCUT2D eigenvalue weighted by Crippen LogP contribution is -1.86. The zero-order chi connectivity index (χ0) is 11.7. The van der Waals surface area contributed by atoms with E-state index >= 15 is 0 Å². The Kier molecular flexibility index (Phi) is 3.32. The number of thiophene rings is 1. The van der Waals surface area contributed by atoms with Crippen molar-refractivity contribution < 1.29 is 9.34 Å². The van der Waals surface area contributed by atoms with Gasteiger partial charge < -0.3 is 4.42 Å². The molecule has 1 atom stereocenters. The second-order valence-electron chi connectivity index (χ2n) is 2.94. The normalized spacial score (nSPS) is 12.6. The summed E-state index contributed by atoms with van der Waals surface area (Å²) in [6.45, 7) is 0. The van der Waals surface area contributed by atoms with Crippen molar-refractivity contribution in [2.75, 3.05) is 0 Å². The Morgan fingerprint density at radius 3 is 2.69 bits per heavy atom. The summed E-state index contributed by atoms with van der Waals surface area (Å²) in [5, 5.41) is 10.5. The fraction of sp³-hybridized carbons (Fsp3) is 0.111. The molecule has 7 heteroatoms. The SMILES string of the molecule is O=[N+]([O-])c1ccc(C(Br)c2ccc(Cl)s2)o1. The maximum atomic E-state index is 10.5. The Bertz CT molecular complexity index is 524. The number of nitro groups is 1. The summed E-state index contributed by atoms with van der Waals surface area (Å²) in [7, 11) is 0. The van der Waals surface area contributed by atoms with Crippen molar-refractivity contribution in [1.29, 1.82) is 0 Å². The van der Waals surface area contributed by atoms with Gasteiger partial charge in [-0.1, -0.05) is 27.5 Å². The molecule has 2 aromatic heterocycles. The van der Waals surface area contributed by atoms with Gasteiger partial charge >= 0.3 is 5.88 Å². The Morgan fingerprint density at radius 1 is 1.44 bits per heavy atom. The van der Waals surface area contributed by atoms with E-state index < -0.39 is 4.92 Å². The third-order valence-electron chi connectivity index (χ3n) is 1.89. The molecule has 1 unspecified atom stereocenters. The van der Waals surface area contributed by atoms with Crippen LogP contribution in [0.4, 0.5) is 5.88 Å². The minimum absolute atomic E-state index is 0.210. The summed E-state index contributed by atoms with van der Waals surface area (Å²) >= 11 is 10.6. The topological polar surface area (TPSA) is 56.3 Å². The van der Waals surface area contributed by atoms with Crippen molar-refractivity contribution in [3.8, 4) is 0 Å². The predicted molar refractivity (Wildman–Crippen MR) is 65.5 cm³/mol. The zero-order valence-electron chi connectivity index (χ0n) is 7.72. The number of alkyl halides is 1. The van der Waals surface area contributed by atoms with Gasteiger partial charge in [0.2, 0.25) is 0 Å². The minimum atomic E-state index is -0.565. The molecule has 84 valence electrons. The summed E-state index contributed by atoms with van der Waals surface area (Å²) in [6.07, 6.45) is 0. The molecule has 4 nitrogen and oxygen atoms in total. The van der Waals surface area contributed by atoms with Crippen LogP contribution in [-0.4, -0.2) is 4.92 Å². The van der Waals surface area contributed by atoms with E-state index in [2.05, 4.69) is 15.9 Å². The van der Waals surface area contributed by atoms with Gasteiger partial charge in [-0.05, 0) is 18.2 Å². The Balaban J connectivity index is 2.26. The van der Waals surface area contributed by atoms with Crippen molar-refractivity contribution in [2.45, 2.75) is 4.83 Å². The van der Waals surface area contributed by atoms with Crippen LogP contribution in [0.25, 0.3) is 0 Å². The molecule has 16 heavy (non-hydrogen) atoms. The third-order valence-corrected chi connectivity index (χ3v) is 4.43. The highest BCUT2D eigenvalue weighted by molar-refractivity contribution is 9.09. The lowest BCUT2D eigenvalue weighted by molar-refractivity contribution is -0.402. The van der Waals surface area contributed by atoms with Crippen LogP contribution in [0, 0.1) is 10.1 Å². The van der Waals surface area contributed by atoms with E-state index in [9.17, 15) is 10.1 Å². The molecule has 0 fully saturated rings. The molecule has 0 amide bonds. The monoisotopic (exact) mass is 321 g/mol. The number of nitrogens with zero attached hydrogens (tertiary/aromatic N) is 1. The van der Waals surface area contributed by atoms with Gasteiger partial charge in [0.05, 0.1) is 10.4 Å². The molecule has 0 aromatic carbocycles. The van der Waals surface area contributed by atoms with E-state index in [1.165, 1.54) is 17.4 Å². The van der Waals surface area contributed by atoms with Crippen molar-refractivity contribution in [3.05, 3.63) is 49.4 Å². The summed E-state index contributed by atoms with van der Waals surface area (Å²) in [6, 6.07) is 6.53. The van der Waals surface area contributed by atoms with Crippen LogP contribution < -0.4 is 0 Å². The van der Waals surface area contributed by atoms with E-state index in [4.69, 9.17) is 16.0 Å². The summed E-state index contributed by atoms with van der Waals surface area (Å²) in [5.41, 5.74) is 0. The van der Waals surface area contributed by atoms with Crippen LogP contribution in [0.5, 0.6) is 0 Å². The summed E-state index contributed by atoms with van der Waals surface area (Å²) in [4.78, 5) is 10.6. The van der Waals surface area contributed by atoms with Gasteiger partial charge in [-0.2, -0.15) is 0 Å². The van der Waals surface area contributed by atoms with Crippen LogP contribution in [0.2, 0.25) is 4.34 Å². The standard InChI is InChI=1S/C9H5BrClNO3S/c10-9(6-2-3-7(11)16-6)5-1-4-8(15-5)12(13)14/h1-4,9H. The second-order valence-corrected chi connectivity index (χ2v) is 5.60. The highest BCUT2D eigenvalue weighted by Gasteiger charge is 2.20. The quantitative estimate of drug-likeness (QED) is 0.478. The predicted octanol–water partition coefficient (Wildman–Crippen LogP) is 4.39. The van der Waals surface area contributed by atoms with Crippen LogP contribution in [-0.2, 0) is 0 Å². The van der Waals surface area contributed by atoms with Gasteiger partial charge in [-0.15, -0.1) is 11.3 Å². The average Bonchev–Trinajstić information content (AvgIpc) is 2.84. The molecular weight excluding hydrogens is 318 g/mol. The van der Waals surface area contributed by atoms with Gasteiger partial charge in [0, 0.05) is 4.88 Å². The first-order valence-electron chi connectivity index (χ1n) is 4.21. The lowest BCUT2D eigenvalue weighted by Gasteiger charge is -2.01. The molecular formula is C9H5BrClNO3S. The molecule has 0 aliphatic carbocycles. The van der Waals surface area contributed by atoms with Crippen LogP contribution in [0.3, 0.4) is 0 Å². The van der Waals surface area contributed by atoms with Gasteiger partial charge in [0.25, 0.3) is 0 Å². The fourth-order valence-electron chi connectivity index (χ4n) is 1.18. The lowest BCUT2D eigenvalue weighted by atomic mass is 10.3. The first kappa shape index (κ1) is 11.6. The zero-order valence-corrected chi connectivity index (χ0v) is 10.9. The van der Waals surface area contributed by atoms with Gasteiger partial charge in [0.15, 0.2) is 0 Å². The number of halogens is 2. The number of hydrogen-bond donors (Lipinski definition) is 0. The molecule has 0 radical (unpaired) electrons.